The van der Waals surface area contributed by atoms with E-state index < -0.39 is 0 Å². The minimum Gasteiger partial charge on any atom is -0.496 e. The highest BCUT2D eigenvalue weighted by Gasteiger charge is 2.09. The number of ether oxygens (including phenoxy) is 2. The van der Waals surface area contributed by atoms with E-state index in [1.54, 1.807) is 14.2 Å². The summed E-state index contributed by atoms with van der Waals surface area (Å²) < 4.78 is 11.0. The first kappa shape index (κ1) is 19.3. The fourth-order valence-electron chi connectivity index (χ4n) is 2.24. The van der Waals surface area contributed by atoms with Crippen molar-refractivity contribution in [1.29, 1.82) is 0 Å². The summed E-state index contributed by atoms with van der Waals surface area (Å²) in [5, 5.41) is 3.37. The molecule has 1 N–H and O–H groups in total. The van der Waals surface area contributed by atoms with Crippen molar-refractivity contribution in [2.75, 3.05) is 41.0 Å². The Morgan fingerprint density at radius 1 is 1.30 bits per heavy atom. The van der Waals surface area contributed by atoms with Crippen LogP contribution in [0.1, 0.15) is 25.8 Å². The van der Waals surface area contributed by atoms with Crippen LogP contribution in [0.5, 0.6) is 5.75 Å². The number of nitrogens with zero attached hydrogens (tertiary/aromatic N) is 2. The van der Waals surface area contributed by atoms with Crippen LogP contribution in [-0.4, -0.2) is 51.8 Å². The predicted molar refractivity (Wildman–Crippen MR) is 96.1 cm³/mol. The zero-order valence-electron chi connectivity index (χ0n) is 15.1. The molecule has 0 aliphatic heterocycles. The molecule has 5 nitrogen and oxygen atoms in total. The monoisotopic (exact) mass is 321 g/mol. The molecule has 1 aromatic rings. The third-order valence-electron chi connectivity index (χ3n) is 3.37. The van der Waals surface area contributed by atoms with Gasteiger partial charge in [0.2, 0.25) is 0 Å². The van der Waals surface area contributed by atoms with Gasteiger partial charge >= 0.3 is 0 Å². The Bertz CT molecular complexity index is 475. The Hall–Kier alpha value is -1.75. The van der Waals surface area contributed by atoms with Crippen molar-refractivity contribution >= 4 is 5.96 Å². The maximum absolute atomic E-state index is 5.59. The molecule has 0 aliphatic rings. The molecule has 1 aromatic carbocycles. The Kier molecular flexibility index (Phi) is 9.14. The van der Waals surface area contributed by atoms with Gasteiger partial charge in [0, 0.05) is 46.0 Å². The number of rotatable bonds is 9. The second-order valence-electron chi connectivity index (χ2n) is 5.96. The summed E-state index contributed by atoms with van der Waals surface area (Å²) in [6.07, 6.45) is 0.967. The molecular weight excluding hydrogens is 290 g/mol. The normalized spacial score (nSPS) is 11.7. The van der Waals surface area contributed by atoms with E-state index in [9.17, 15) is 0 Å². The Balaban J connectivity index is 2.39. The topological polar surface area (TPSA) is 46.1 Å². The molecule has 0 amide bonds. The first-order valence-electron chi connectivity index (χ1n) is 8.19. The van der Waals surface area contributed by atoms with Crippen LogP contribution in [0.3, 0.4) is 0 Å². The number of nitrogens with one attached hydrogen (secondary N) is 1. The number of hydrogen-bond donors (Lipinski definition) is 1. The molecule has 0 saturated heterocycles. The van der Waals surface area contributed by atoms with E-state index in [-0.39, 0.29) is 0 Å². The summed E-state index contributed by atoms with van der Waals surface area (Å²) >= 11 is 0. The highest BCUT2D eigenvalue weighted by Crippen LogP contribution is 2.18. The van der Waals surface area contributed by atoms with Crippen LogP contribution in [0, 0.1) is 5.92 Å². The summed E-state index contributed by atoms with van der Waals surface area (Å²) in [6.45, 7) is 7.51. The van der Waals surface area contributed by atoms with Crippen molar-refractivity contribution < 1.29 is 9.47 Å². The zero-order chi connectivity index (χ0) is 17.1. The predicted octanol–water partition coefficient (Wildman–Crippen LogP) is 2.77. The zero-order valence-corrected chi connectivity index (χ0v) is 15.1. The smallest absolute Gasteiger partial charge is 0.193 e. The van der Waals surface area contributed by atoms with Crippen LogP contribution in [0.4, 0.5) is 0 Å². The van der Waals surface area contributed by atoms with Crippen LogP contribution in [0.25, 0.3) is 0 Å². The first-order chi connectivity index (χ1) is 11.1. The van der Waals surface area contributed by atoms with E-state index in [0.717, 1.165) is 50.0 Å². The lowest BCUT2D eigenvalue weighted by atomic mass is 10.2. The Labute approximate surface area is 140 Å². The van der Waals surface area contributed by atoms with Crippen LogP contribution >= 0.6 is 0 Å². The van der Waals surface area contributed by atoms with Crippen molar-refractivity contribution in [1.82, 2.24) is 10.2 Å². The molecule has 23 heavy (non-hydrogen) atoms. The lowest BCUT2D eigenvalue weighted by molar-refractivity contribution is 0.108. The molecule has 0 fully saturated rings. The van der Waals surface area contributed by atoms with Crippen LogP contribution < -0.4 is 10.1 Å². The summed E-state index contributed by atoms with van der Waals surface area (Å²) in [6, 6.07) is 8.05. The van der Waals surface area contributed by atoms with Crippen molar-refractivity contribution in [3.8, 4) is 5.75 Å². The summed E-state index contributed by atoms with van der Waals surface area (Å²) in [5.74, 6) is 2.36. The summed E-state index contributed by atoms with van der Waals surface area (Å²) in [4.78, 5) is 6.43. The van der Waals surface area contributed by atoms with E-state index in [1.165, 1.54) is 0 Å². The standard InChI is InChI=1S/C18H31N3O2/c1-15(2)14-23-12-8-11-20-18(19-3)21(4)13-16-9-6-7-10-17(16)22-5/h6-7,9-10,15H,8,11-14H2,1-5H3,(H,19,20). The fraction of sp³-hybridized carbons (Fsp3) is 0.611. The Morgan fingerprint density at radius 3 is 2.70 bits per heavy atom. The van der Waals surface area contributed by atoms with Crippen LogP contribution in [-0.2, 0) is 11.3 Å². The van der Waals surface area contributed by atoms with Gasteiger partial charge in [-0.15, -0.1) is 0 Å². The number of methoxy groups -OCH3 is 1. The van der Waals surface area contributed by atoms with Gasteiger partial charge in [-0.1, -0.05) is 32.0 Å². The number of benzene rings is 1. The van der Waals surface area contributed by atoms with Gasteiger partial charge < -0.3 is 19.7 Å². The molecule has 0 unspecified atom stereocenters. The number of para-hydroxylation sites is 1. The fourth-order valence-corrected chi connectivity index (χ4v) is 2.24. The Morgan fingerprint density at radius 2 is 2.04 bits per heavy atom. The molecule has 0 atom stereocenters. The van der Waals surface area contributed by atoms with Crippen molar-refractivity contribution in [3.05, 3.63) is 29.8 Å². The maximum Gasteiger partial charge on any atom is 0.193 e. The molecule has 130 valence electrons. The van der Waals surface area contributed by atoms with Gasteiger partial charge in [0.15, 0.2) is 5.96 Å². The highest BCUT2D eigenvalue weighted by molar-refractivity contribution is 5.79. The van der Waals surface area contributed by atoms with Gasteiger partial charge in [0.25, 0.3) is 0 Å². The van der Waals surface area contributed by atoms with Gasteiger partial charge in [0.1, 0.15) is 5.75 Å². The second kappa shape index (κ2) is 10.9. The van der Waals surface area contributed by atoms with E-state index >= 15 is 0 Å². The number of aliphatic imine (C=N–C) groups is 1. The average Bonchev–Trinajstić information content (AvgIpc) is 2.54. The van der Waals surface area contributed by atoms with Gasteiger partial charge in [0.05, 0.1) is 7.11 Å². The van der Waals surface area contributed by atoms with Crippen LogP contribution in [0.15, 0.2) is 29.3 Å². The van der Waals surface area contributed by atoms with Gasteiger partial charge in [-0.2, -0.15) is 0 Å². The quantitative estimate of drug-likeness (QED) is 0.431. The van der Waals surface area contributed by atoms with E-state index in [0.29, 0.717) is 5.92 Å². The molecule has 0 spiro atoms. The number of guanidine groups is 1. The first-order valence-corrected chi connectivity index (χ1v) is 8.19. The third-order valence-corrected chi connectivity index (χ3v) is 3.37. The van der Waals surface area contributed by atoms with Crippen molar-refractivity contribution in [3.63, 3.8) is 0 Å². The van der Waals surface area contributed by atoms with E-state index in [2.05, 4.69) is 35.1 Å². The molecule has 0 saturated carbocycles. The summed E-state index contributed by atoms with van der Waals surface area (Å²) in [7, 11) is 5.52. The molecule has 0 aromatic heterocycles. The molecule has 0 bridgehead atoms. The van der Waals surface area contributed by atoms with Crippen molar-refractivity contribution in [2.24, 2.45) is 10.9 Å². The minimum atomic E-state index is 0.586. The second-order valence-corrected chi connectivity index (χ2v) is 5.96. The van der Waals surface area contributed by atoms with Gasteiger partial charge in [-0.25, -0.2) is 0 Å². The molecule has 0 aliphatic carbocycles. The largest absolute Gasteiger partial charge is 0.496 e. The SMILES string of the molecule is CN=C(NCCCOCC(C)C)N(C)Cc1ccccc1OC. The minimum absolute atomic E-state index is 0.586. The van der Waals surface area contributed by atoms with Gasteiger partial charge in [-0.05, 0) is 18.4 Å². The number of hydrogen-bond acceptors (Lipinski definition) is 3. The van der Waals surface area contributed by atoms with Crippen molar-refractivity contribution in [2.45, 2.75) is 26.8 Å². The molecule has 5 heteroatoms. The third kappa shape index (κ3) is 7.37. The van der Waals surface area contributed by atoms with Crippen LogP contribution in [0.2, 0.25) is 0 Å². The molecule has 0 heterocycles. The molecule has 1 rings (SSSR count). The maximum atomic E-state index is 5.59. The average molecular weight is 321 g/mol. The van der Waals surface area contributed by atoms with E-state index in [1.807, 2.05) is 25.2 Å². The lowest BCUT2D eigenvalue weighted by Gasteiger charge is -2.23. The van der Waals surface area contributed by atoms with E-state index in [4.69, 9.17) is 9.47 Å². The van der Waals surface area contributed by atoms with Gasteiger partial charge in [-0.3, -0.25) is 4.99 Å². The highest BCUT2D eigenvalue weighted by atomic mass is 16.5. The summed E-state index contributed by atoms with van der Waals surface area (Å²) in [5.41, 5.74) is 1.14. The molecular formula is C18H31N3O2. The molecule has 0 radical (unpaired) electrons. The lowest BCUT2D eigenvalue weighted by Crippen LogP contribution is -2.39.